The topological polar surface area (TPSA) is 67.0 Å². The highest BCUT2D eigenvalue weighted by molar-refractivity contribution is 5.82. The number of alkyl halides is 3. The van der Waals surface area contributed by atoms with Gasteiger partial charge in [0, 0.05) is 0 Å². The third kappa shape index (κ3) is 4.91. The van der Waals surface area contributed by atoms with E-state index >= 15 is 0 Å². The number of benzene rings is 3. The number of carbonyl (C=O) groups excluding carboxylic acids is 1. The number of imidazole rings is 1. The summed E-state index contributed by atoms with van der Waals surface area (Å²) >= 11 is 0. The highest BCUT2D eigenvalue weighted by atomic mass is 19.4. The van der Waals surface area contributed by atoms with Crippen molar-refractivity contribution in [3.05, 3.63) is 89.7 Å². The Morgan fingerprint density at radius 1 is 1.03 bits per heavy atom. The number of nitrogens with one attached hydrogen (secondary N) is 2. The molecule has 0 aliphatic carbocycles. The lowest BCUT2D eigenvalue weighted by Crippen LogP contribution is -2.27. The molecule has 0 unspecified atom stereocenters. The first-order valence-electron chi connectivity index (χ1n) is 9.94. The summed E-state index contributed by atoms with van der Waals surface area (Å²) in [4.78, 5) is 19.7. The molecule has 3 aromatic carbocycles. The number of alkyl carbamates (subject to hydrolysis) is 1. The number of amides is 1. The Hall–Kier alpha value is -3.81. The van der Waals surface area contributed by atoms with Gasteiger partial charge in [0.05, 0.1) is 22.6 Å². The van der Waals surface area contributed by atoms with Crippen molar-refractivity contribution in [2.75, 3.05) is 0 Å². The Labute approximate surface area is 182 Å². The Morgan fingerprint density at radius 2 is 1.72 bits per heavy atom. The molecule has 8 heteroatoms. The lowest BCUT2D eigenvalue weighted by molar-refractivity contribution is -0.137. The van der Waals surface area contributed by atoms with Gasteiger partial charge in [0.15, 0.2) is 0 Å². The molecule has 32 heavy (non-hydrogen) atoms. The molecule has 0 aliphatic rings. The van der Waals surface area contributed by atoms with Gasteiger partial charge in [0.2, 0.25) is 0 Å². The normalized spacial score (nSPS) is 12.5. The average Bonchev–Trinajstić information content (AvgIpc) is 3.21. The zero-order chi connectivity index (χ0) is 22.7. The second-order valence-corrected chi connectivity index (χ2v) is 7.36. The first-order valence-corrected chi connectivity index (χ1v) is 9.94. The van der Waals surface area contributed by atoms with E-state index in [1.54, 1.807) is 19.1 Å². The minimum Gasteiger partial charge on any atom is -0.445 e. The lowest BCUT2D eigenvalue weighted by atomic mass is 10.0. The molecule has 4 aromatic rings. The molecular weight excluding hydrogens is 419 g/mol. The fourth-order valence-corrected chi connectivity index (χ4v) is 3.28. The molecule has 1 amide bonds. The monoisotopic (exact) mass is 439 g/mol. The van der Waals surface area contributed by atoms with Crippen molar-refractivity contribution in [3.8, 4) is 11.1 Å². The fourth-order valence-electron chi connectivity index (χ4n) is 3.28. The molecule has 0 saturated heterocycles. The van der Waals surface area contributed by atoms with Gasteiger partial charge in [-0.15, -0.1) is 0 Å². The van der Waals surface area contributed by atoms with E-state index in [2.05, 4.69) is 15.3 Å². The molecule has 2 N–H and O–H groups in total. The van der Waals surface area contributed by atoms with Gasteiger partial charge in [-0.05, 0) is 47.9 Å². The molecule has 4 rings (SSSR count). The van der Waals surface area contributed by atoms with E-state index in [-0.39, 0.29) is 6.61 Å². The van der Waals surface area contributed by atoms with E-state index in [1.165, 1.54) is 12.1 Å². The lowest BCUT2D eigenvalue weighted by Gasteiger charge is -2.11. The van der Waals surface area contributed by atoms with Crippen LogP contribution in [0.4, 0.5) is 18.0 Å². The largest absolute Gasteiger partial charge is 0.445 e. The smallest absolute Gasteiger partial charge is 0.416 e. The molecule has 5 nitrogen and oxygen atoms in total. The van der Waals surface area contributed by atoms with Gasteiger partial charge in [0.25, 0.3) is 0 Å². The number of halogens is 3. The van der Waals surface area contributed by atoms with Crippen molar-refractivity contribution in [3.63, 3.8) is 0 Å². The van der Waals surface area contributed by atoms with Crippen LogP contribution in [0.1, 0.15) is 29.9 Å². The number of aromatic amines is 1. The second kappa shape index (κ2) is 8.74. The first kappa shape index (κ1) is 21.4. The summed E-state index contributed by atoms with van der Waals surface area (Å²) in [6.45, 7) is 1.94. The summed E-state index contributed by atoms with van der Waals surface area (Å²) in [5.41, 5.74) is 3.00. The summed E-state index contributed by atoms with van der Waals surface area (Å²) in [6.07, 6.45) is -4.93. The summed E-state index contributed by atoms with van der Waals surface area (Å²) in [6, 6.07) is 19.3. The van der Waals surface area contributed by atoms with Gasteiger partial charge in [-0.1, -0.05) is 48.5 Å². The number of ether oxygens (including phenoxy) is 1. The molecule has 0 saturated carbocycles. The Kier molecular flexibility index (Phi) is 5.85. The van der Waals surface area contributed by atoms with E-state index in [0.717, 1.165) is 23.3 Å². The highest BCUT2D eigenvalue weighted by Crippen LogP contribution is 2.31. The number of hydrogen-bond acceptors (Lipinski definition) is 3. The molecule has 0 spiro atoms. The number of nitrogens with zero attached hydrogens (tertiary/aromatic N) is 1. The van der Waals surface area contributed by atoms with Crippen LogP contribution in [0.2, 0.25) is 0 Å². The summed E-state index contributed by atoms with van der Waals surface area (Å²) in [7, 11) is 0. The molecule has 0 aliphatic heterocycles. The maximum atomic E-state index is 12.8. The Morgan fingerprint density at radius 3 is 2.41 bits per heavy atom. The Bertz CT molecular complexity index is 1220. The Balaban J connectivity index is 1.44. The zero-order valence-electron chi connectivity index (χ0n) is 17.1. The van der Waals surface area contributed by atoms with Crippen LogP contribution in [0, 0.1) is 0 Å². The van der Waals surface area contributed by atoms with Gasteiger partial charge in [-0.2, -0.15) is 13.2 Å². The minimum absolute atomic E-state index is 0.163. The van der Waals surface area contributed by atoms with Crippen LogP contribution in [0.5, 0.6) is 0 Å². The van der Waals surface area contributed by atoms with Crippen LogP contribution in [-0.4, -0.2) is 16.1 Å². The number of aromatic nitrogens is 2. The molecule has 164 valence electrons. The quantitative estimate of drug-likeness (QED) is 0.387. The predicted molar refractivity (Wildman–Crippen MR) is 115 cm³/mol. The van der Waals surface area contributed by atoms with Crippen molar-refractivity contribution < 1.29 is 22.7 Å². The van der Waals surface area contributed by atoms with E-state index in [0.29, 0.717) is 22.4 Å². The van der Waals surface area contributed by atoms with Crippen molar-refractivity contribution in [1.29, 1.82) is 0 Å². The number of hydrogen-bond donors (Lipinski definition) is 2. The van der Waals surface area contributed by atoms with Gasteiger partial charge in [-0.25, -0.2) is 9.78 Å². The summed E-state index contributed by atoms with van der Waals surface area (Å²) in [5, 5.41) is 2.73. The third-order valence-electron chi connectivity index (χ3n) is 5.00. The predicted octanol–water partition coefficient (Wildman–Crippen LogP) is 6.24. The molecule has 1 atom stereocenters. The highest BCUT2D eigenvalue weighted by Gasteiger charge is 2.30. The summed E-state index contributed by atoms with van der Waals surface area (Å²) < 4.78 is 43.6. The zero-order valence-corrected chi connectivity index (χ0v) is 17.1. The van der Waals surface area contributed by atoms with Crippen molar-refractivity contribution >= 4 is 17.1 Å². The van der Waals surface area contributed by atoms with Gasteiger partial charge < -0.3 is 15.0 Å². The number of rotatable bonds is 5. The van der Waals surface area contributed by atoms with E-state index < -0.39 is 23.9 Å². The van der Waals surface area contributed by atoms with Gasteiger partial charge >= 0.3 is 12.3 Å². The molecule has 0 fully saturated rings. The standard InChI is InChI=1S/C24H20F3N3O2/c1-15(28-23(31)32-14-16-5-3-2-4-6-16)22-29-20-12-9-18(13-21(20)30-22)17-7-10-19(11-8-17)24(25,26)27/h2-13,15H,14H2,1H3,(H,28,31)(H,29,30)/t15-/m0/s1. The van der Waals surface area contributed by atoms with E-state index in [1.807, 2.05) is 36.4 Å². The first-order chi connectivity index (χ1) is 15.3. The van der Waals surface area contributed by atoms with Crippen LogP contribution in [0.25, 0.3) is 22.2 Å². The van der Waals surface area contributed by atoms with Crippen LogP contribution in [0.3, 0.4) is 0 Å². The number of carbonyl (C=O) groups is 1. The van der Waals surface area contributed by atoms with E-state index in [9.17, 15) is 18.0 Å². The minimum atomic E-state index is -4.37. The average molecular weight is 439 g/mol. The van der Waals surface area contributed by atoms with E-state index in [4.69, 9.17) is 4.74 Å². The molecule has 0 bridgehead atoms. The molecule has 0 radical (unpaired) electrons. The van der Waals surface area contributed by atoms with Gasteiger partial charge in [-0.3, -0.25) is 0 Å². The number of H-pyrrole nitrogens is 1. The fraction of sp³-hybridized carbons (Fsp3) is 0.167. The van der Waals surface area contributed by atoms with Crippen molar-refractivity contribution in [1.82, 2.24) is 15.3 Å². The van der Waals surface area contributed by atoms with Crippen LogP contribution < -0.4 is 5.32 Å². The van der Waals surface area contributed by atoms with Crippen LogP contribution in [0.15, 0.2) is 72.8 Å². The third-order valence-corrected chi connectivity index (χ3v) is 5.00. The molecular formula is C24H20F3N3O2. The summed E-state index contributed by atoms with van der Waals surface area (Å²) in [5.74, 6) is 0.543. The SMILES string of the molecule is C[C@H](NC(=O)OCc1ccccc1)c1nc2ccc(-c3ccc(C(F)(F)F)cc3)cc2[nH]1. The van der Waals surface area contributed by atoms with Crippen molar-refractivity contribution in [2.45, 2.75) is 25.7 Å². The number of fused-ring (bicyclic) bond motifs is 1. The van der Waals surface area contributed by atoms with Crippen molar-refractivity contribution in [2.24, 2.45) is 0 Å². The molecule has 1 heterocycles. The second-order valence-electron chi connectivity index (χ2n) is 7.36. The maximum absolute atomic E-state index is 12.8. The maximum Gasteiger partial charge on any atom is 0.416 e. The molecule has 1 aromatic heterocycles. The van der Waals surface area contributed by atoms with Crippen LogP contribution in [-0.2, 0) is 17.5 Å². The van der Waals surface area contributed by atoms with Crippen LogP contribution >= 0.6 is 0 Å². The van der Waals surface area contributed by atoms with Gasteiger partial charge in [0.1, 0.15) is 12.4 Å².